The normalized spacial score (nSPS) is 15.4. The van der Waals surface area contributed by atoms with Gasteiger partial charge >= 0.3 is 0 Å². The minimum absolute atomic E-state index is 0.0556. The molecule has 1 aromatic heterocycles. The topological polar surface area (TPSA) is 59.9 Å². The lowest BCUT2D eigenvalue weighted by atomic mass is 9.66. The number of nitrogens with one attached hydrogen (secondary N) is 1. The minimum atomic E-state index is -0.243. The summed E-state index contributed by atoms with van der Waals surface area (Å²) in [5.74, 6) is 1.29. The second-order valence-electron chi connectivity index (χ2n) is 24.7. The number of aromatic nitrogens is 2. The van der Waals surface area contributed by atoms with Gasteiger partial charge in [0.2, 0.25) is 0 Å². The molecule has 0 spiro atoms. The quantitative estimate of drug-likeness (QED) is 0.0883. The molecule has 0 bridgehead atoms. The number of nitrogens with zero attached hydrogens (tertiary/aromatic N) is 6. The van der Waals surface area contributed by atoms with Crippen LogP contribution >= 0.6 is 0 Å². The lowest BCUT2D eigenvalue weighted by Gasteiger charge is -2.49. The van der Waals surface area contributed by atoms with Gasteiger partial charge in [-0.1, -0.05) is 245 Å². The second-order valence-corrected chi connectivity index (χ2v) is 24.7. The number of benzene rings is 9. The number of hydrogen-bond acceptors (Lipinski definition) is 6. The molecule has 0 saturated heterocycles. The first-order valence-electron chi connectivity index (χ1n) is 30.0. The number of hydrogen-bond donors (Lipinski definition) is 1. The zero-order valence-corrected chi connectivity index (χ0v) is 51.5. The van der Waals surface area contributed by atoms with Crippen molar-refractivity contribution < 1.29 is 0 Å². The van der Waals surface area contributed by atoms with E-state index in [2.05, 4.69) is 281 Å². The van der Waals surface area contributed by atoms with Gasteiger partial charge in [0.15, 0.2) is 5.82 Å². The van der Waals surface area contributed by atoms with Crippen molar-refractivity contribution in [2.75, 3.05) is 27.1 Å². The first kappa shape index (κ1) is 57.3. The maximum absolute atomic E-state index is 4.58. The zero-order valence-electron chi connectivity index (χ0n) is 51.5. The molecule has 10 aromatic rings. The summed E-state index contributed by atoms with van der Waals surface area (Å²) in [6, 6.07) is 68.5. The smallest absolute Gasteiger partial charge is 0.157 e. The first-order chi connectivity index (χ1) is 42.1. The fourth-order valence-electron chi connectivity index (χ4n) is 13.8. The molecule has 430 valence electrons. The molecule has 5 heterocycles. The average Bonchev–Trinajstić information content (AvgIpc) is 0.713. The molecule has 0 atom stereocenters. The molecular formula is C80H75N7. The summed E-state index contributed by atoms with van der Waals surface area (Å²) in [4.78, 5) is 20.3. The maximum Gasteiger partial charge on any atom is 0.157 e. The van der Waals surface area contributed by atoms with Gasteiger partial charge in [-0.05, 0) is 121 Å². The Morgan fingerprint density at radius 3 is 1.57 bits per heavy atom. The highest BCUT2D eigenvalue weighted by atomic mass is 15.2. The Labute approximate surface area is 514 Å². The molecule has 1 N–H and O–H groups in total. The fourth-order valence-corrected chi connectivity index (χ4v) is 13.8. The SMILES string of the molecule is C=C/C=C\C=C/c1ccccc1.C=CN=C(C=C)N(c1ccc2c(c1)C(C)(C)c1cccc3c1N2c1ccccc1C3(C)C)c1cnccn1.CNc1cccc2c(-c3ccc4c(c3)C(C)(C)c3cccc5c3N4c3ccccc3C5(C)C)cccc12. The summed E-state index contributed by atoms with van der Waals surface area (Å²) >= 11 is 0. The van der Waals surface area contributed by atoms with E-state index in [1.807, 2.05) is 48.4 Å². The number of allylic oxidation sites excluding steroid dienone is 4. The van der Waals surface area contributed by atoms with Gasteiger partial charge < -0.3 is 15.1 Å². The van der Waals surface area contributed by atoms with Gasteiger partial charge in [0, 0.05) is 64.1 Å². The molecule has 7 heteroatoms. The van der Waals surface area contributed by atoms with Crippen molar-refractivity contribution in [3.8, 4) is 11.1 Å². The number of amidine groups is 1. The molecule has 0 fully saturated rings. The van der Waals surface area contributed by atoms with Crippen LogP contribution in [0.15, 0.2) is 268 Å². The third kappa shape index (κ3) is 9.68. The van der Waals surface area contributed by atoms with Crippen LogP contribution in [0.25, 0.3) is 28.0 Å². The summed E-state index contributed by atoms with van der Waals surface area (Å²) in [6.45, 7) is 30.2. The van der Waals surface area contributed by atoms with Crippen molar-refractivity contribution in [3.63, 3.8) is 0 Å². The third-order valence-electron chi connectivity index (χ3n) is 18.3. The molecule has 0 unspecified atom stereocenters. The molecule has 0 aliphatic carbocycles. The van der Waals surface area contributed by atoms with Gasteiger partial charge in [-0.2, -0.15) is 0 Å². The highest BCUT2D eigenvalue weighted by Crippen LogP contribution is 2.62. The highest BCUT2D eigenvalue weighted by molar-refractivity contribution is 6.10. The summed E-state index contributed by atoms with van der Waals surface area (Å²) in [7, 11) is 1.99. The summed E-state index contributed by atoms with van der Waals surface area (Å²) in [6.07, 6.45) is 18.0. The van der Waals surface area contributed by atoms with E-state index in [1.165, 1.54) is 112 Å². The standard InChI is InChI=1S/C35H32N2.C33H31N5.C12H12/c1-34(2)26-14-6-7-18-31(26)37-32-20-19-22(23-11-8-13-25-24(23)12-9-17-30(25)36-5)21-29(32)35(3,4)28-16-10-15-27(34)33(28)37;1-7-29(35-8-2)37(30-21-34-18-19-36-30)22-16-17-28-26(20-22)33(5,6)25-14-11-13-24-31(25)38(28)27-15-10-9-12-23(27)32(24,3)4;1-2-3-4-6-9-12-10-7-5-8-11-12/h6-21,36H,1-5H3;7-21H,1-2H2,3-6H3;2-11H,1H2/b;;4-3-,9-6-. The monoisotopic (exact) mass is 1130 g/mol. The second kappa shape index (κ2) is 22.7. The Kier molecular flexibility index (Phi) is 15.0. The zero-order chi connectivity index (χ0) is 60.8. The molecule has 87 heavy (non-hydrogen) atoms. The van der Waals surface area contributed by atoms with E-state index >= 15 is 0 Å². The van der Waals surface area contributed by atoms with Crippen molar-refractivity contribution in [1.82, 2.24) is 9.97 Å². The van der Waals surface area contributed by atoms with Gasteiger partial charge in [0.1, 0.15) is 5.84 Å². The minimum Gasteiger partial charge on any atom is -0.388 e. The summed E-state index contributed by atoms with van der Waals surface area (Å²) in [5.41, 5.74) is 23.7. The fraction of sp³-hybridized carbons (Fsp3) is 0.163. The molecule has 0 radical (unpaired) electrons. The summed E-state index contributed by atoms with van der Waals surface area (Å²) in [5, 5.41) is 5.88. The number of rotatable bonds is 9. The van der Waals surface area contributed by atoms with E-state index in [1.54, 1.807) is 30.7 Å². The van der Waals surface area contributed by atoms with Crippen LogP contribution in [0.5, 0.6) is 0 Å². The Morgan fingerprint density at radius 1 is 0.494 bits per heavy atom. The molecule has 0 amide bonds. The van der Waals surface area contributed by atoms with Gasteiger partial charge in [0.25, 0.3) is 0 Å². The van der Waals surface area contributed by atoms with Crippen molar-refractivity contribution in [1.29, 1.82) is 0 Å². The maximum atomic E-state index is 4.58. The van der Waals surface area contributed by atoms with E-state index in [0.29, 0.717) is 11.7 Å². The molecular weight excluding hydrogens is 1060 g/mol. The van der Waals surface area contributed by atoms with Crippen LogP contribution in [0.2, 0.25) is 0 Å². The number of aliphatic imine (C=N–C) groups is 1. The Bertz CT molecular complexity index is 4410. The number of fused-ring (bicyclic) bond motifs is 9. The predicted molar refractivity (Wildman–Crippen MR) is 370 cm³/mol. The third-order valence-corrected chi connectivity index (χ3v) is 18.3. The van der Waals surface area contributed by atoms with E-state index < -0.39 is 0 Å². The molecule has 0 saturated carbocycles. The Balaban J connectivity index is 0.000000143. The highest BCUT2D eigenvalue weighted by Gasteiger charge is 2.47. The van der Waals surface area contributed by atoms with Crippen LogP contribution in [0, 0.1) is 0 Å². The van der Waals surface area contributed by atoms with E-state index in [0.717, 1.165) is 11.4 Å². The molecule has 9 aromatic carbocycles. The van der Waals surface area contributed by atoms with Gasteiger partial charge in [-0.15, -0.1) is 0 Å². The average molecular weight is 1130 g/mol. The molecule has 14 rings (SSSR count). The molecule has 4 aliphatic rings. The lowest BCUT2D eigenvalue weighted by Crippen LogP contribution is -2.38. The van der Waals surface area contributed by atoms with Crippen LogP contribution in [0.1, 0.15) is 105 Å². The number of para-hydroxylation sites is 4. The van der Waals surface area contributed by atoms with Crippen LogP contribution in [0.4, 0.5) is 51.3 Å². The van der Waals surface area contributed by atoms with Gasteiger partial charge in [0.05, 0.1) is 40.3 Å². The van der Waals surface area contributed by atoms with E-state index in [9.17, 15) is 0 Å². The van der Waals surface area contributed by atoms with Crippen molar-refractivity contribution >= 4 is 74.0 Å². The predicted octanol–water partition coefficient (Wildman–Crippen LogP) is 20.8. The van der Waals surface area contributed by atoms with Crippen LogP contribution in [0.3, 0.4) is 0 Å². The van der Waals surface area contributed by atoms with E-state index in [-0.39, 0.29) is 21.7 Å². The van der Waals surface area contributed by atoms with Crippen LogP contribution in [-0.2, 0) is 21.7 Å². The lowest BCUT2D eigenvalue weighted by molar-refractivity contribution is 0.597. The molecule has 4 aliphatic heterocycles. The van der Waals surface area contributed by atoms with Gasteiger partial charge in [-0.25, -0.2) is 9.98 Å². The van der Waals surface area contributed by atoms with Crippen LogP contribution < -0.4 is 20.0 Å². The van der Waals surface area contributed by atoms with Crippen molar-refractivity contribution in [2.45, 2.75) is 77.0 Å². The largest absolute Gasteiger partial charge is 0.388 e. The van der Waals surface area contributed by atoms with Crippen molar-refractivity contribution in [2.24, 2.45) is 4.99 Å². The Hall–Kier alpha value is -10.1. The van der Waals surface area contributed by atoms with E-state index in [4.69, 9.17) is 0 Å². The number of anilines is 9. The first-order valence-corrected chi connectivity index (χ1v) is 30.0. The summed E-state index contributed by atoms with van der Waals surface area (Å²) < 4.78 is 0. The van der Waals surface area contributed by atoms with Crippen molar-refractivity contribution in [3.05, 3.63) is 313 Å². The molecule has 7 nitrogen and oxygen atoms in total. The Morgan fingerprint density at radius 2 is 1.01 bits per heavy atom. The van der Waals surface area contributed by atoms with Crippen LogP contribution in [-0.4, -0.2) is 22.9 Å². The van der Waals surface area contributed by atoms with Gasteiger partial charge in [-0.3, -0.25) is 9.88 Å².